The summed E-state index contributed by atoms with van der Waals surface area (Å²) in [6, 6.07) is 0. The third kappa shape index (κ3) is 4.64. The second kappa shape index (κ2) is 6.56. The van der Waals surface area contributed by atoms with Crippen molar-refractivity contribution in [3.05, 3.63) is 21.8 Å². The number of halogens is 1. The molecule has 0 bridgehead atoms. The molecule has 1 rings (SSSR count). The Morgan fingerprint density at radius 1 is 1.30 bits per heavy atom. The van der Waals surface area contributed by atoms with E-state index in [9.17, 15) is 0 Å². The second-order valence-electron chi connectivity index (χ2n) is 2.29. The zero-order valence-electron chi connectivity index (χ0n) is 5.77. The molecule has 59 valence electrons. The van der Waals surface area contributed by atoms with Crippen molar-refractivity contribution in [2.24, 2.45) is 0 Å². The average Bonchev–Trinajstić information content (AvgIpc) is 1.79. The molecular formula is C8H11IIr. The molecule has 0 amide bonds. The molecule has 0 aromatic carbocycles. The van der Waals surface area contributed by atoms with E-state index in [1.165, 1.54) is 29.3 Å². The molecule has 0 aromatic heterocycles. The summed E-state index contributed by atoms with van der Waals surface area (Å²) in [5.74, 6) is 0. The molecule has 0 saturated carbocycles. The molecule has 0 spiro atoms. The van der Waals surface area contributed by atoms with Crippen LogP contribution in [0.15, 0.2) is 21.8 Å². The van der Waals surface area contributed by atoms with E-state index in [0.29, 0.717) is 0 Å². The number of hydrogen-bond donors (Lipinski definition) is 0. The zero-order valence-corrected chi connectivity index (χ0v) is 10.3. The molecule has 0 unspecified atom stereocenters. The zero-order chi connectivity index (χ0) is 6.53. The standard InChI is InChI=1S/C8H11I.Ir/c9-8-6-4-2-1-3-5-7-8;/h2,4,6H,1,3,5,7H2;. The van der Waals surface area contributed by atoms with E-state index < -0.39 is 0 Å². The van der Waals surface area contributed by atoms with Gasteiger partial charge in [0.25, 0.3) is 0 Å². The maximum absolute atomic E-state index is 2.41. The van der Waals surface area contributed by atoms with Gasteiger partial charge in [-0.1, -0.05) is 18.2 Å². The van der Waals surface area contributed by atoms with Crippen LogP contribution in [0, 0.1) is 0 Å². The minimum Gasteiger partial charge on any atom is -0.0845 e. The minimum atomic E-state index is 0. The molecule has 1 radical (unpaired) electrons. The van der Waals surface area contributed by atoms with Gasteiger partial charge in [-0.25, -0.2) is 0 Å². The molecule has 0 N–H and O–H groups in total. The van der Waals surface area contributed by atoms with Gasteiger partial charge >= 0.3 is 0 Å². The summed E-state index contributed by atoms with van der Waals surface area (Å²) in [6.45, 7) is 0. The van der Waals surface area contributed by atoms with Gasteiger partial charge in [-0.3, -0.25) is 0 Å². The molecule has 1 aliphatic rings. The first-order valence-corrected chi connectivity index (χ1v) is 4.48. The number of rotatable bonds is 0. The molecule has 0 aromatic rings. The van der Waals surface area contributed by atoms with Gasteiger partial charge < -0.3 is 0 Å². The van der Waals surface area contributed by atoms with Crippen molar-refractivity contribution in [2.45, 2.75) is 25.7 Å². The molecule has 0 aliphatic heterocycles. The summed E-state index contributed by atoms with van der Waals surface area (Å²) in [6.07, 6.45) is 11.9. The number of hydrogen-bond acceptors (Lipinski definition) is 0. The van der Waals surface area contributed by atoms with Crippen molar-refractivity contribution in [2.75, 3.05) is 0 Å². The van der Waals surface area contributed by atoms with Crippen LogP contribution in [0.4, 0.5) is 0 Å². The van der Waals surface area contributed by atoms with Crippen LogP contribution in [-0.4, -0.2) is 0 Å². The summed E-state index contributed by atoms with van der Waals surface area (Å²) in [7, 11) is 0. The monoisotopic (exact) mass is 427 g/mol. The fourth-order valence-electron chi connectivity index (χ4n) is 0.908. The summed E-state index contributed by atoms with van der Waals surface area (Å²) >= 11 is 2.41. The van der Waals surface area contributed by atoms with Crippen LogP contribution < -0.4 is 0 Å². The van der Waals surface area contributed by atoms with E-state index in [1.807, 2.05) is 0 Å². The van der Waals surface area contributed by atoms with Gasteiger partial charge in [0.05, 0.1) is 0 Å². The average molecular weight is 426 g/mol. The quantitative estimate of drug-likeness (QED) is 0.521. The van der Waals surface area contributed by atoms with Crippen molar-refractivity contribution in [1.82, 2.24) is 0 Å². The van der Waals surface area contributed by atoms with Gasteiger partial charge in [0.15, 0.2) is 0 Å². The van der Waals surface area contributed by atoms with Crippen LogP contribution in [0.5, 0.6) is 0 Å². The van der Waals surface area contributed by atoms with Gasteiger partial charge in [0.2, 0.25) is 0 Å². The van der Waals surface area contributed by atoms with Gasteiger partial charge in [0.1, 0.15) is 0 Å². The van der Waals surface area contributed by atoms with Crippen LogP contribution >= 0.6 is 22.6 Å². The molecule has 1 aliphatic carbocycles. The van der Waals surface area contributed by atoms with Crippen LogP contribution in [0.3, 0.4) is 0 Å². The minimum absolute atomic E-state index is 0. The summed E-state index contributed by atoms with van der Waals surface area (Å²) < 4.78 is 1.49. The van der Waals surface area contributed by atoms with Crippen molar-refractivity contribution in [3.8, 4) is 0 Å². The Morgan fingerprint density at radius 2 is 2.10 bits per heavy atom. The molecule has 0 heterocycles. The summed E-state index contributed by atoms with van der Waals surface area (Å²) in [5.41, 5.74) is 0. The molecule has 2 heteroatoms. The Hall–Kier alpha value is 0.859. The summed E-state index contributed by atoms with van der Waals surface area (Å²) in [5, 5.41) is 0. The molecule has 0 fully saturated rings. The van der Waals surface area contributed by atoms with Crippen LogP contribution in [-0.2, 0) is 20.1 Å². The predicted octanol–water partition coefficient (Wildman–Crippen LogP) is 3.43. The predicted molar refractivity (Wildman–Crippen MR) is 49.7 cm³/mol. The summed E-state index contributed by atoms with van der Waals surface area (Å²) in [4.78, 5) is 0. The Morgan fingerprint density at radius 3 is 2.90 bits per heavy atom. The first-order valence-electron chi connectivity index (χ1n) is 3.41. The van der Waals surface area contributed by atoms with Crippen molar-refractivity contribution in [3.63, 3.8) is 0 Å². The van der Waals surface area contributed by atoms with Gasteiger partial charge in [0, 0.05) is 20.1 Å². The van der Waals surface area contributed by atoms with Crippen LogP contribution in [0.2, 0.25) is 0 Å². The first-order chi connectivity index (χ1) is 4.39. The molecule has 0 nitrogen and oxygen atoms in total. The fourth-order valence-corrected chi connectivity index (χ4v) is 1.50. The van der Waals surface area contributed by atoms with E-state index in [0.717, 1.165) is 0 Å². The van der Waals surface area contributed by atoms with E-state index in [1.54, 1.807) is 0 Å². The van der Waals surface area contributed by atoms with E-state index in [4.69, 9.17) is 0 Å². The van der Waals surface area contributed by atoms with Crippen molar-refractivity contribution < 1.29 is 20.1 Å². The van der Waals surface area contributed by atoms with Crippen molar-refractivity contribution >= 4 is 22.6 Å². The maximum atomic E-state index is 2.41. The smallest absolute Gasteiger partial charge is 0 e. The Balaban J connectivity index is 0.000000810. The third-order valence-corrected chi connectivity index (χ3v) is 2.35. The first kappa shape index (κ1) is 10.9. The Labute approximate surface area is 89.6 Å². The van der Waals surface area contributed by atoms with Gasteiger partial charge in [-0.15, -0.1) is 0 Å². The number of allylic oxidation sites excluding steroid dienone is 4. The SMILES string of the molecule is IC1=CC=CCCCC1.[Ir]. The largest absolute Gasteiger partial charge is 0.0845 e. The van der Waals surface area contributed by atoms with Crippen LogP contribution in [0.25, 0.3) is 0 Å². The van der Waals surface area contributed by atoms with E-state index in [2.05, 4.69) is 40.8 Å². The third-order valence-electron chi connectivity index (χ3n) is 1.45. The Kier molecular flexibility index (Phi) is 7.13. The van der Waals surface area contributed by atoms with Crippen molar-refractivity contribution in [1.29, 1.82) is 0 Å². The molecule has 0 atom stereocenters. The van der Waals surface area contributed by atoms with E-state index >= 15 is 0 Å². The second-order valence-corrected chi connectivity index (χ2v) is 3.67. The molecule has 10 heavy (non-hydrogen) atoms. The fraction of sp³-hybridized carbons (Fsp3) is 0.500. The Bertz CT molecular complexity index is 138. The van der Waals surface area contributed by atoms with Gasteiger partial charge in [-0.05, 0) is 51.9 Å². The molecule has 0 saturated heterocycles. The van der Waals surface area contributed by atoms with Crippen LogP contribution in [0.1, 0.15) is 25.7 Å². The van der Waals surface area contributed by atoms with E-state index in [-0.39, 0.29) is 20.1 Å². The molecular weight excluding hydrogens is 415 g/mol. The maximum Gasteiger partial charge on any atom is 0 e. The normalized spacial score (nSPS) is 18.3. The topological polar surface area (TPSA) is 0 Å². The van der Waals surface area contributed by atoms with Gasteiger partial charge in [-0.2, -0.15) is 0 Å².